The van der Waals surface area contributed by atoms with E-state index in [2.05, 4.69) is 29.1 Å². The summed E-state index contributed by atoms with van der Waals surface area (Å²) in [6.07, 6.45) is 0.868. The lowest BCUT2D eigenvalue weighted by molar-refractivity contribution is -0.384. The molecule has 1 aromatic carbocycles. The van der Waals surface area contributed by atoms with E-state index in [0.29, 0.717) is 6.04 Å². The Morgan fingerprint density at radius 2 is 2.05 bits per heavy atom. The highest BCUT2D eigenvalue weighted by molar-refractivity contribution is 7.07. The van der Waals surface area contributed by atoms with E-state index in [9.17, 15) is 10.1 Å². The molecule has 0 saturated carbocycles. The molecule has 1 atom stereocenters. The van der Waals surface area contributed by atoms with Gasteiger partial charge in [-0.25, -0.2) is 0 Å². The summed E-state index contributed by atoms with van der Waals surface area (Å²) in [7, 11) is 0. The first-order chi connectivity index (χ1) is 9.16. The lowest BCUT2D eigenvalue weighted by Gasteiger charge is -2.12. The second-order valence-corrected chi connectivity index (χ2v) is 5.19. The molecule has 0 saturated heterocycles. The van der Waals surface area contributed by atoms with Gasteiger partial charge < -0.3 is 5.32 Å². The largest absolute Gasteiger partial charge is 0.310 e. The maximum absolute atomic E-state index is 10.5. The predicted octanol–water partition coefficient (Wildman–Crippen LogP) is 3.55. The van der Waals surface area contributed by atoms with Crippen molar-refractivity contribution >= 4 is 17.0 Å². The van der Waals surface area contributed by atoms with Crippen molar-refractivity contribution in [3.8, 4) is 0 Å². The molecule has 2 aromatic rings. The minimum absolute atomic E-state index is 0.142. The molecule has 0 fully saturated rings. The highest BCUT2D eigenvalue weighted by Gasteiger charge is 2.06. The van der Waals surface area contributed by atoms with Gasteiger partial charge in [-0.1, -0.05) is 12.1 Å². The molecular formula is C14H16N2O2S. The van der Waals surface area contributed by atoms with Crippen LogP contribution in [0.2, 0.25) is 0 Å². The molecule has 1 unspecified atom stereocenters. The molecule has 100 valence electrons. The number of rotatable bonds is 6. The van der Waals surface area contributed by atoms with Crippen molar-refractivity contribution in [1.82, 2.24) is 5.32 Å². The van der Waals surface area contributed by atoms with E-state index >= 15 is 0 Å². The number of benzene rings is 1. The Bertz CT molecular complexity index is 523. The highest BCUT2D eigenvalue weighted by atomic mass is 32.1. The molecular weight excluding hydrogens is 260 g/mol. The monoisotopic (exact) mass is 276 g/mol. The summed E-state index contributed by atoms with van der Waals surface area (Å²) in [5.74, 6) is 0. The molecule has 0 amide bonds. The SMILES string of the molecule is CC(NCCc1ccc([N+](=O)[O-])cc1)c1ccsc1. The van der Waals surface area contributed by atoms with Gasteiger partial charge in [-0.15, -0.1) is 0 Å². The number of hydrogen-bond donors (Lipinski definition) is 1. The number of hydrogen-bond acceptors (Lipinski definition) is 4. The summed E-state index contributed by atoms with van der Waals surface area (Å²) in [4.78, 5) is 10.2. The number of nitro groups is 1. The molecule has 0 aliphatic carbocycles. The number of nitro benzene ring substituents is 1. The number of thiophene rings is 1. The molecule has 0 aliphatic rings. The fourth-order valence-electron chi connectivity index (χ4n) is 1.86. The van der Waals surface area contributed by atoms with Crippen LogP contribution in [0.1, 0.15) is 24.1 Å². The quantitative estimate of drug-likeness (QED) is 0.648. The van der Waals surface area contributed by atoms with Gasteiger partial charge in [-0.05, 0) is 47.8 Å². The molecule has 1 heterocycles. The minimum atomic E-state index is -0.374. The molecule has 0 aliphatic heterocycles. The summed E-state index contributed by atoms with van der Waals surface area (Å²) < 4.78 is 0. The van der Waals surface area contributed by atoms with Crippen molar-refractivity contribution in [3.63, 3.8) is 0 Å². The Morgan fingerprint density at radius 3 is 2.63 bits per heavy atom. The molecule has 0 spiro atoms. The molecule has 2 rings (SSSR count). The third-order valence-electron chi connectivity index (χ3n) is 3.05. The van der Waals surface area contributed by atoms with Crippen molar-refractivity contribution in [2.24, 2.45) is 0 Å². The van der Waals surface area contributed by atoms with Gasteiger partial charge in [-0.3, -0.25) is 10.1 Å². The fourth-order valence-corrected chi connectivity index (χ4v) is 2.61. The first-order valence-corrected chi connectivity index (χ1v) is 7.10. The van der Waals surface area contributed by atoms with Gasteiger partial charge in [0.05, 0.1) is 4.92 Å². The van der Waals surface area contributed by atoms with E-state index in [4.69, 9.17) is 0 Å². The number of non-ortho nitro benzene ring substituents is 1. The summed E-state index contributed by atoms with van der Waals surface area (Å²) in [6, 6.07) is 9.19. The first-order valence-electron chi connectivity index (χ1n) is 6.15. The smallest absolute Gasteiger partial charge is 0.269 e. The molecule has 0 bridgehead atoms. The van der Waals surface area contributed by atoms with Crippen LogP contribution < -0.4 is 5.32 Å². The molecule has 1 aromatic heterocycles. The Kier molecular flexibility index (Phi) is 4.65. The average molecular weight is 276 g/mol. The van der Waals surface area contributed by atoms with E-state index < -0.39 is 0 Å². The number of nitrogens with one attached hydrogen (secondary N) is 1. The Hall–Kier alpha value is -1.72. The summed E-state index contributed by atoms with van der Waals surface area (Å²) >= 11 is 1.70. The lowest BCUT2D eigenvalue weighted by Crippen LogP contribution is -2.20. The summed E-state index contributed by atoms with van der Waals surface area (Å²) in [5.41, 5.74) is 2.55. The van der Waals surface area contributed by atoms with Crippen molar-refractivity contribution in [3.05, 3.63) is 62.3 Å². The van der Waals surface area contributed by atoms with E-state index in [0.717, 1.165) is 18.5 Å². The van der Waals surface area contributed by atoms with Gasteiger partial charge in [-0.2, -0.15) is 11.3 Å². The Balaban J connectivity index is 1.81. The highest BCUT2D eigenvalue weighted by Crippen LogP contribution is 2.16. The van der Waals surface area contributed by atoms with Gasteiger partial charge in [0.1, 0.15) is 0 Å². The predicted molar refractivity (Wildman–Crippen MR) is 77.5 cm³/mol. The zero-order chi connectivity index (χ0) is 13.7. The Morgan fingerprint density at radius 1 is 1.32 bits per heavy atom. The first kappa shape index (κ1) is 13.7. The van der Waals surface area contributed by atoms with Crippen LogP contribution in [0.5, 0.6) is 0 Å². The van der Waals surface area contributed by atoms with Crippen molar-refractivity contribution in [1.29, 1.82) is 0 Å². The number of nitrogens with zero attached hydrogens (tertiary/aromatic N) is 1. The van der Waals surface area contributed by atoms with Gasteiger partial charge in [0, 0.05) is 18.2 Å². The van der Waals surface area contributed by atoms with Crippen LogP contribution in [0.4, 0.5) is 5.69 Å². The van der Waals surface area contributed by atoms with Gasteiger partial charge in [0.15, 0.2) is 0 Å². The minimum Gasteiger partial charge on any atom is -0.310 e. The molecule has 4 nitrogen and oxygen atoms in total. The molecule has 5 heteroatoms. The van der Waals surface area contributed by atoms with E-state index in [-0.39, 0.29) is 10.6 Å². The zero-order valence-electron chi connectivity index (χ0n) is 10.7. The molecule has 19 heavy (non-hydrogen) atoms. The van der Waals surface area contributed by atoms with Crippen LogP contribution in [0, 0.1) is 10.1 Å². The van der Waals surface area contributed by atoms with Gasteiger partial charge in [0.25, 0.3) is 5.69 Å². The fraction of sp³-hybridized carbons (Fsp3) is 0.286. The van der Waals surface area contributed by atoms with Crippen LogP contribution >= 0.6 is 11.3 Å². The van der Waals surface area contributed by atoms with Crippen LogP contribution in [-0.2, 0) is 6.42 Å². The standard InChI is InChI=1S/C14H16N2O2S/c1-11(13-7-9-19-10-13)15-8-6-12-2-4-14(5-3-12)16(17)18/h2-5,7,9-11,15H,6,8H2,1H3. The van der Waals surface area contributed by atoms with Crippen molar-refractivity contribution in [2.75, 3.05) is 6.54 Å². The maximum atomic E-state index is 10.5. The zero-order valence-corrected chi connectivity index (χ0v) is 11.5. The van der Waals surface area contributed by atoms with Gasteiger partial charge >= 0.3 is 0 Å². The Labute approximate surface area is 116 Å². The van der Waals surface area contributed by atoms with Crippen LogP contribution in [-0.4, -0.2) is 11.5 Å². The van der Waals surface area contributed by atoms with Crippen LogP contribution in [0.3, 0.4) is 0 Å². The third-order valence-corrected chi connectivity index (χ3v) is 3.76. The topological polar surface area (TPSA) is 55.2 Å². The van der Waals surface area contributed by atoms with E-state index in [1.807, 2.05) is 12.1 Å². The van der Waals surface area contributed by atoms with Gasteiger partial charge in [0.2, 0.25) is 0 Å². The average Bonchev–Trinajstić information content (AvgIpc) is 2.93. The van der Waals surface area contributed by atoms with E-state index in [1.165, 1.54) is 5.56 Å². The maximum Gasteiger partial charge on any atom is 0.269 e. The van der Waals surface area contributed by atoms with E-state index in [1.54, 1.807) is 23.5 Å². The van der Waals surface area contributed by atoms with Crippen LogP contribution in [0.25, 0.3) is 0 Å². The van der Waals surface area contributed by atoms with Crippen LogP contribution in [0.15, 0.2) is 41.1 Å². The van der Waals surface area contributed by atoms with Crippen molar-refractivity contribution in [2.45, 2.75) is 19.4 Å². The molecule has 1 N–H and O–H groups in total. The third kappa shape index (κ3) is 3.87. The molecule has 0 radical (unpaired) electrons. The summed E-state index contributed by atoms with van der Waals surface area (Å²) in [5, 5.41) is 18.2. The second-order valence-electron chi connectivity index (χ2n) is 4.41. The van der Waals surface area contributed by atoms with Crippen molar-refractivity contribution < 1.29 is 4.92 Å². The second kappa shape index (κ2) is 6.45. The normalized spacial score (nSPS) is 12.3. The summed E-state index contributed by atoms with van der Waals surface area (Å²) in [6.45, 7) is 2.99. The lowest BCUT2D eigenvalue weighted by atomic mass is 10.1.